The van der Waals surface area contributed by atoms with Crippen LogP contribution in [0.2, 0.25) is 0 Å². The number of aromatic nitrogens is 5. The van der Waals surface area contributed by atoms with E-state index in [-0.39, 0.29) is 0 Å². The largest absolute Gasteiger partial charge is 0.496 e. The van der Waals surface area contributed by atoms with Gasteiger partial charge in [0.05, 0.1) is 18.2 Å². The highest BCUT2D eigenvalue weighted by Gasteiger charge is 2.14. The number of para-hydroxylation sites is 1. The van der Waals surface area contributed by atoms with E-state index in [4.69, 9.17) is 9.15 Å². The van der Waals surface area contributed by atoms with Crippen LogP contribution in [0.15, 0.2) is 65.7 Å². The number of methoxy groups -OCH3 is 1. The van der Waals surface area contributed by atoms with Crippen molar-refractivity contribution in [1.82, 2.24) is 24.7 Å². The van der Waals surface area contributed by atoms with Gasteiger partial charge in [-0.05, 0) is 24.3 Å². The van der Waals surface area contributed by atoms with Crippen molar-refractivity contribution in [3.8, 4) is 34.5 Å². The second-order valence-corrected chi connectivity index (χ2v) is 4.99. The fraction of sp³-hybridized carbons (Fsp3) is 0.0588. The molecule has 0 aliphatic carbocycles. The molecule has 0 aliphatic rings. The van der Waals surface area contributed by atoms with Crippen molar-refractivity contribution in [3.63, 3.8) is 0 Å². The molecule has 1 aromatic carbocycles. The van der Waals surface area contributed by atoms with E-state index in [9.17, 15) is 0 Å². The number of nitrogens with zero attached hydrogens (tertiary/aromatic N) is 5. The van der Waals surface area contributed by atoms with Crippen LogP contribution in [0.1, 0.15) is 0 Å². The molecule has 24 heavy (non-hydrogen) atoms. The third-order valence-electron chi connectivity index (χ3n) is 3.53. The van der Waals surface area contributed by atoms with E-state index in [0.717, 1.165) is 16.9 Å². The molecular formula is C17H13N5O2. The first-order valence-corrected chi connectivity index (χ1v) is 7.27. The quantitative estimate of drug-likeness (QED) is 0.575. The zero-order valence-corrected chi connectivity index (χ0v) is 12.8. The first kappa shape index (κ1) is 14.1. The van der Waals surface area contributed by atoms with Gasteiger partial charge in [-0.15, -0.1) is 10.2 Å². The summed E-state index contributed by atoms with van der Waals surface area (Å²) in [4.78, 5) is 8.39. The molecule has 4 aromatic rings. The van der Waals surface area contributed by atoms with Crippen molar-refractivity contribution in [3.05, 3.63) is 61.3 Å². The zero-order chi connectivity index (χ0) is 16.4. The number of pyridine rings is 1. The fourth-order valence-corrected chi connectivity index (χ4v) is 2.33. The molecule has 0 unspecified atom stereocenters. The minimum Gasteiger partial charge on any atom is -0.496 e. The summed E-state index contributed by atoms with van der Waals surface area (Å²) in [7, 11) is 1.61. The second-order valence-electron chi connectivity index (χ2n) is 4.99. The number of hydrogen-bond acceptors (Lipinski definition) is 6. The Morgan fingerprint density at radius 1 is 1.04 bits per heavy atom. The van der Waals surface area contributed by atoms with Crippen molar-refractivity contribution in [2.75, 3.05) is 7.11 Å². The molecule has 7 nitrogen and oxygen atoms in total. The predicted octanol–water partition coefficient (Wildman–Crippen LogP) is 2.99. The number of imidazole rings is 1. The minimum atomic E-state index is 0.403. The molecule has 0 saturated heterocycles. The molecule has 118 valence electrons. The fourth-order valence-electron chi connectivity index (χ4n) is 2.33. The summed E-state index contributed by atoms with van der Waals surface area (Å²) < 4.78 is 12.9. The Hall–Kier alpha value is -3.48. The van der Waals surface area contributed by atoms with E-state index >= 15 is 0 Å². The van der Waals surface area contributed by atoms with Crippen molar-refractivity contribution in [2.24, 2.45) is 0 Å². The molecule has 4 rings (SSSR count). The third kappa shape index (κ3) is 2.52. The van der Waals surface area contributed by atoms with E-state index in [1.54, 1.807) is 25.8 Å². The van der Waals surface area contributed by atoms with Crippen molar-refractivity contribution in [1.29, 1.82) is 0 Å². The van der Waals surface area contributed by atoms with Gasteiger partial charge in [0.1, 0.15) is 17.9 Å². The Balaban J connectivity index is 1.65. The van der Waals surface area contributed by atoms with Crippen LogP contribution in [0.4, 0.5) is 0 Å². The molecule has 0 spiro atoms. The van der Waals surface area contributed by atoms with Gasteiger partial charge in [0, 0.05) is 18.6 Å². The maximum Gasteiger partial charge on any atom is 0.251 e. The molecule has 0 atom stereocenters. The SMILES string of the molecule is COc1ccccc1-c1nnc(-c2ccc(-n3ccnc3)nc2)o1. The molecule has 0 amide bonds. The van der Waals surface area contributed by atoms with Gasteiger partial charge in [0.15, 0.2) is 0 Å². The zero-order valence-electron chi connectivity index (χ0n) is 12.8. The predicted molar refractivity (Wildman–Crippen MR) is 86.6 cm³/mol. The van der Waals surface area contributed by atoms with E-state index in [2.05, 4.69) is 20.2 Å². The van der Waals surface area contributed by atoms with Gasteiger partial charge >= 0.3 is 0 Å². The standard InChI is InChI=1S/C17H13N5O2/c1-23-14-5-3-2-4-13(14)17-21-20-16(24-17)12-6-7-15(19-10-12)22-9-8-18-11-22/h2-11H,1H3. The Morgan fingerprint density at radius 2 is 1.92 bits per heavy atom. The summed E-state index contributed by atoms with van der Waals surface area (Å²) >= 11 is 0. The molecule has 3 aromatic heterocycles. The van der Waals surface area contributed by atoms with Crippen LogP contribution < -0.4 is 4.74 Å². The molecule has 3 heterocycles. The summed E-state index contributed by atoms with van der Waals surface area (Å²) in [6.45, 7) is 0. The van der Waals surface area contributed by atoms with Crippen molar-refractivity contribution < 1.29 is 9.15 Å². The van der Waals surface area contributed by atoms with Crippen LogP contribution >= 0.6 is 0 Å². The van der Waals surface area contributed by atoms with Crippen molar-refractivity contribution >= 4 is 0 Å². The molecule has 7 heteroatoms. The number of benzene rings is 1. The molecular weight excluding hydrogens is 306 g/mol. The molecule has 0 N–H and O–H groups in total. The topological polar surface area (TPSA) is 78.9 Å². The van der Waals surface area contributed by atoms with Gasteiger partial charge in [-0.25, -0.2) is 9.97 Å². The average Bonchev–Trinajstić information content (AvgIpc) is 3.34. The van der Waals surface area contributed by atoms with Crippen LogP contribution in [0.3, 0.4) is 0 Å². The molecule has 0 bridgehead atoms. The van der Waals surface area contributed by atoms with E-state index in [1.165, 1.54) is 0 Å². The monoisotopic (exact) mass is 319 g/mol. The smallest absolute Gasteiger partial charge is 0.251 e. The number of hydrogen-bond donors (Lipinski definition) is 0. The minimum absolute atomic E-state index is 0.403. The Labute approximate surface area is 137 Å². The number of rotatable bonds is 4. The highest BCUT2D eigenvalue weighted by molar-refractivity contribution is 5.64. The summed E-state index contributed by atoms with van der Waals surface area (Å²) in [5.41, 5.74) is 1.49. The normalized spacial score (nSPS) is 10.7. The van der Waals surface area contributed by atoms with Crippen LogP contribution in [-0.2, 0) is 0 Å². The maximum absolute atomic E-state index is 5.77. The molecule has 0 fully saturated rings. The third-order valence-corrected chi connectivity index (χ3v) is 3.53. The summed E-state index contributed by atoms with van der Waals surface area (Å²) in [5.74, 6) is 2.25. The van der Waals surface area contributed by atoms with E-state index in [0.29, 0.717) is 17.5 Å². The Bertz CT molecular complexity index is 945. The second kappa shape index (κ2) is 5.96. The average molecular weight is 319 g/mol. The summed E-state index contributed by atoms with van der Waals surface area (Å²) in [6.07, 6.45) is 6.91. The lowest BCUT2D eigenvalue weighted by molar-refractivity contribution is 0.414. The molecule has 0 radical (unpaired) electrons. The van der Waals surface area contributed by atoms with Gasteiger partial charge in [0.2, 0.25) is 5.89 Å². The van der Waals surface area contributed by atoms with Gasteiger partial charge in [-0.1, -0.05) is 12.1 Å². The van der Waals surface area contributed by atoms with Crippen LogP contribution in [0, 0.1) is 0 Å². The highest BCUT2D eigenvalue weighted by Crippen LogP contribution is 2.30. The van der Waals surface area contributed by atoms with Crippen LogP contribution in [0.5, 0.6) is 5.75 Å². The Morgan fingerprint density at radius 3 is 2.67 bits per heavy atom. The van der Waals surface area contributed by atoms with E-state index in [1.807, 2.05) is 47.2 Å². The van der Waals surface area contributed by atoms with Crippen molar-refractivity contribution in [2.45, 2.75) is 0 Å². The first-order valence-electron chi connectivity index (χ1n) is 7.27. The van der Waals surface area contributed by atoms with Gasteiger partial charge in [-0.2, -0.15) is 0 Å². The lowest BCUT2D eigenvalue weighted by Crippen LogP contribution is -1.93. The lowest BCUT2D eigenvalue weighted by Gasteiger charge is -2.03. The number of ether oxygens (including phenoxy) is 1. The van der Waals surface area contributed by atoms with Gasteiger partial charge in [0.25, 0.3) is 5.89 Å². The van der Waals surface area contributed by atoms with Gasteiger partial charge < -0.3 is 9.15 Å². The summed E-state index contributed by atoms with van der Waals surface area (Å²) in [5, 5.41) is 8.20. The highest BCUT2D eigenvalue weighted by atomic mass is 16.5. The summed E-state index contributed by atoms with van der Waals surface area (Å²) in [6, 6.07) is 11.2. The van der Waals surface area contributed by atoms with Gasteiger partial charge in [-0.3, -0.25) is 4.57 Å². The lowest BCUT2D eigenvalue weighted by atomic mass is 10.2. The van der Waals surface area contributed by atoms with E-state index < -0.39 is 0 Å². The maximum atomic E-state index is 5.77. The van der Waals surface area contributed by atoms with Crippen LogP contribution in [0.25, 0.3) is 28.7 Å². The first-order chi connectivity index (χ1) is 11.8. The Kier molecular flexibility index (Phi) is 3.51. The van der Waals surface area contributed by atoms with Crippen LogP contribution in [-0.4, -0.2) is 31.8 Å². The molecule has 0 saturated carbocycles. The molecule has 0 aliphatic heterocycles.